The Morgan fingerprint density at radius 1 is 1.21 bits per heavy atom. The average Bonchev–Trinajstić information content (AvgIpc) is 3.20. The number of carbonyl (C=O) groups excluding carboxylic acids is 1. The third kappa shape index (κ3) is 5.18. The van der Waals surface area contributed by atoms with Crippen LogP contribution < -0.4 is 10.1 Å². The Labute approximate surface area is 168 Å². The maximum atomic E-state index is 12.5. The van der Waals surface area contributed by atoms with E-state index in [1.165, 1.54) is 11.3 Å². The Balaban J connectivity index is 1.63. The van der Waals surface area contributed by atoms with Crippen LogP contribution in [0.5, 0.6) is 5.75 Å². The molecule has 0 bridgehead atoms. The molecule has 0 spiro atoms. The standard InChI is InChI=1S/C22H21N3O2S/c1-2-3-4-12-27-19-7-5-6-18(13-19)21(26)25-22-24-20(15-28-22)17-10-8-16(14-23)9-11-17/h5-11,13,15H,2-4,12H2,1H3,(H,24,25,26). The van der Waals surface area contributed by atoms with E-state index in [1.54, 1.807) is 24.3 Å². The van der Waals surface area contributed by atoms with Crippen LogP contribution >= 0.6 is 11.3 Å². The largest absolute Gasteiger partial charge is 0.494 e. The third-order valence-corrected chi connectivity index (χ3v) is 4.90. The number of rotatable bonds is 8. The number of unbranched alkanes of at least 4 members (excludes halogenated alkanes) is 2. The zero-order valence-electron chi connectivity index (χ0n) is 15.6. The fourth-order valence-corrected chi connectivity index (χ4v) is 3.33. The van der Waals surface area contributed by atoms with Crippen LogP contribution in [0.2, 0.25) is 0 Å². The Hall–Kier alpha value is -3.17. The lowest BCUT2D eigenvalue weighted by molar-refractivity contribution is 0.102. The van der Waals surface area contributed by atoms with E-state index in [2.05, 4.69) is 23.3 Å². The maximum absolute atomic E-state index is 12.5. The molecule has 0 radical (unpaired) electrons. The third-order valence-electron chi connectivity index (χ3n) is 4.15. The van der Waals surface area contributed by atoms with Crippen molar-refractivity contribution in [1.29, 1.82) is 5.26 Å². The lowest BCUT2D eigenvalue weighted by atomic mass is 10.1. The maximum Gasteiger partial charge on any atom is 0.257 e. The number of aromatic nitrogens is 1. The number of thiazole rings is 1. The first kappa shape index (κ1) is 19.6. The number of anilines is 1. The van der Waals surface area contributed by atoms with Crippen molar-refractivity contribution in [2.75, 3.05) is 11.9 Å². The number of ether oxygens (including phenoxy) is 1. The van der Waals surface area contributed by atoms with E-state index in [0.29, 0.717) is 28.6 Å². The normalized spacial score (nSPS) is 10.3. The molecule has 1 N–H and O–H groups in total. The fraction of sp³-hybridized carbons (Fsp3) is 0.227. The van der Waals surface area contributed by atoms with Crippen LogP contribution in [-0.2, 0) is 0 Å². The molecule has 0 unspecified atom stereocenters. The molecular formula is C22H21N3O2S. The van der Waals surface area contributed by atoms with Gasteiger partial charge in [-0.05, 0) is 36.8 Å². The highest BCUT2D eigenvalue weighted by Crippen LogP contribution is 2.25. The monoisotopic (exact) mass is 391 g/mol. The van der Waals surface area contributed by atoms with Gasteiger partial charge >= 0.3 is 0 Å². The molecule has 28 heavy (non-hydrogen) atoms. The summed E-state index contributed by atoms with van der Waals surface area (Å²) in [5.74, 6) is 0.473. The van der Waals surface area contributed by atoms with Crippen LogP contribution in [0.15, 0.2) is 53.9 Å². The van der Waals surface area contributed by atoms with Crippen molar-refractivity contribution in [3.05, 3.63) is 65.0 Å². The molecular weight excluding hydrogens is 370 g/mol. The van der Waals surface area contributed by atoms with Crippen molar-refractivity contribution in [2.45, 2.75) is 26.2 Å². The molecule has 0 aliphatic rings. The van der Waals surface area contributed by atoms with E-state index in [4.69, 9.17) is 10.00 Å². The number of carbonyl (C=O) groups is 1. The molecule has 2 aromatic carbocycles. The van der Waals surface area contributed by atoms with Crippen LogP contribution in [0, 0.1) is 11.3 Å². The molecule has 1 aromatic heterocycles. The van der Waals surface area contributed by atoms with Crippen molar-refractivity contribution >= 4 is 22.4 Å². The molecule has 0 saturated heterocycles. The van der Waals surface area contributed by atoms with E-state index in [-0.39, 0.29) is 5.91 Å². The highest BCUT2D eigenvalue weighted by molar-refractivity contribution is 7.14. The molecule has 3 rings (SSSR count). The molecule has 6 heteroatoms. The van der Waals surface area contributed by atoms with Gasteiger partial charge in [-0.25, -0.2) is 4.98 Å². The summed E-state index contributed by atoms with van der Waals surface area (Å²) in [6.07, 6.45) is 3.28. The molecule has 0 saturated carbocycles. The lowest BCUT2D eigenvalue weighted by Gasteiger charge is -2.07. The second-order valence-corrected chi connectivity index (χ2v) is 7.12. The molecule has 0 atom stereocenters. The van der Waals surface area contributed by atoms with Crippen molar-refractivity contribution in [3.63, 3.8) is 0 Å². The molecule has 5 nitrogen and oxygen atoms in total. The van der Waals surface area contributed by atoms with Gasteiger partial charge in [0.25, 0.3) is 5.91 Å². The minimum Gasteiger partial charge on any atom is -0.494 e. The van der Waals surface area contributed by atoms with Gasteiger partial charge < -0.3 is 4.74 Å². The van der Waals surface area contributed by atoms with Crippen molar-refractivity contribution in [1.82, 2.24) is 4.98 Å². The Morgan fingerprint density at radius 2 is 2.04 bits per heavy atom. The van der Waals surface area contributed by atoms with Gasteiger partial charge in [0.1, 0.15) is 5.75 Å². The first-order valence-electron chi connectivity index (χ1n) is 9.20. The minimum absolute atomic E-state index is 0.222. The summed E-state index contributed by atoms with van der Waals surface area (Å²) in [6.45, 7) is 2.80. The van der Waals surface area contributed by atoms with E-state index < -0.39 is 0 Å². The number of amides is 1. The summed E-state index contributed by atoms with van der Waals surface area (Å²) in [4.78, 5) is 17.0. The summed E-state index contributed by atoms with van der Waals surface area (Å²) in [5.41, 5.74) is 2.79. The van der Waals surface area contributed by atoms with Crippen LogP contribution in [0.1, 0.15) is 42.1 Å². The van der Waals surface area contributed by atoms with Gasteiger partial charge in [0, 0.05) is 16.5 Å². The van der Waals surface area contributed by atoms with Crippen molar-refractivity contribution in [3.8, 4) is 23.1 Å². The first-order chi connectivity index (χ1) is 13.7. The van der Waals surface area contributed by atoms with Gasteiger partial charge in [0.15, 0.2) is 5.13 Å². The number of benzene rings is 2. The van der Waals surface area contributed by atoms with Gasteiger partial charge in [-0.15, -0.1) is 11.3 Å². The van der Waals surface area contributed by atoms with E-state index >= 15 is 0 Å². The molecule has 1 heterocycles. The summed E-state index contributed by atoms with van der Waals surface area (Å²) in [7, 11) is 0. The van der Waals surface area contributed by atoms with Crippen LogP contribution in [0.3, 0.4) is 0 Å². The van der Waals surface area contributed by atoms with Crippen LogP contribution in [-0.4, -0.2) is 17.5 Å². The quantitative estimate of drug-likeness (QED) is 0.514. The molecule has 0 aliphatic carbocycles. The summed E-state index contributed by atoms with van der Waals surface area (Å²) in [6, 6.07) is 16.5. The summed E-state index contributed by atoms with van der Waals surface area (Å²) in [5, 5.41) is 14.1. The lowest BCUT2D eigenvalue weighted by Crippen LogP contribution is -2.11. The highest BCUT2D eigenvalue weighted by Gasteiger charge is 2.11. The van der Waals surface area contributed by atoms with E-state index in [9.17, 15) is 4.79 Å². The molecule has 3 aromatic rings. The van der Waals surface area contributed by atoms with Gasteiger partial charge in [-0.1, -0.05) is 38.0 Å². The molecule has 1 amide bonds. The smallest absolute Gasteiger partial charge is 0.257 e. The predicted octanol–water partition coefficient (Wildman–Crippen LogP) is 5.50. The molecule has 0 fully saturated rings. The minimum atomic E-state index is -0.222. The SMILES string of the molecule is CCCCCOc1cccc(C(=O)Nc2nc(-c3ccc(C#N)cc3)cs2)c1. The zero-order chi connectivity index (χ0) is 19.8. The number of nitrogens with one attached hydrogen (secondary N) is 1. The topological polar surface area (TPSA) is 75.0 Å². The van der Waals surface area contributed by atoms with Gasteiger partial charge in [-0.3, -0.25) is 10.1 Å². The number of hydrogen-bond donors (Lipinski definition) is 1. The van der Waals surface area contributed by atoms with Crippen molar-refractivity contribution < 1.29 is 9.53 Å². The number of hydrogen-bond acceptors (Lipinski definition) is 5. The first-order valence-corrected chi connectivity index (χ1v) is 10.1. The fourth-order valence-electron chi connectivity index (χ4n) is 2.62. The molecule has 0 aliphatic heterocycles. The van der Waals surface area contributed by atoms with Crippen molar-refractivity contribution in [2.24, 2.45) is 0 Å². The Bertz CT molecular complexity index is 974. The summed E-state index contributed by atoms with van der Waals surface area (Å²) < 4.78 is 5.71. The molecule has 142 valence electrons. The highest BCUT2D eigenvalue weighted by atomic mass is 32.1. The van der Waals surface area contributed by atoms with Gasteiger partial charge in [-0.2, -0.15) is 5.26 Å². The van der Waals surface area contributed by atoms with Crippen LogP contribution in [0.25, 0.3) is 11.3 Å². The second-order valence-electron chi connectivity index (χ2n) is 6.26. The average molecular weight is 391 g/mol. The Morgan fingerprint density at radius 3 is 2.79 bits per heavy atom. The van der Waals surface area contributed by atoms with Gasteiger partial charge in [0.05, 0.1) is 23.9 Å². The number of nitrogens with zero attached hydrogens (tertiary/aromatic N) is 2. The predicted molar refractivity (Wildman–Crippen MR) is 112 cm³/mol. The second kappa shape index (κ2) is 9.67. The van der Waals surface area contributed by atoms with E-state index in [0.717, 1.165) is 30.5 Å². The van der Waals surface area contributed by atoms with Gasteiger partial charge in [0.2, 0.25) is 0 Å². The zero-order valence-corrected chi connectivity index (χ0v) is 16.5. The van der Waals surface area contributed by atoms with E-state index in [1.807, 2.05) is 29.6 Å². The Kier molecular flexibility index (Phi) is 6.77. The van der Waals surface area contributed by atoms with Crippen LogP contribution in [0.4, 0.5) is 5.13 Å². The summed E-state index contributed by atoms with van der Waals surface area (Å²) >= 11 is 1.36. The number of nitriles is 1.